The first-order valence-electron chi connectivity index (χ1n) is 6.79. The van der Waals surface area contributed by atoms with Crippen LogP contribution in [-0.2, 0) is 14.3 Å². The van der Waals surface area contributed by atoms with Crippen molar-refractivity contribution in [2.45, 2.75) is 30.3 Å². The SMILES string of the molecule is COC(=O)CCSc1ccnc(OC2CCOCC2)c1Cl. The van der Waals surface area contributed by atoms with Gasteiger partial charge in [-0.15, -0.1) is 11.8 Å². The summed E-state index contributed by atoms with van der Waals surface area (Å²) < 4.78 is 15.8. The second-order valence-electron chi connectivity index (χ2n) is 4.53. The van der Waals surface area contributed by atoms with Crippen LogP contribution in [-0.4, -0.2) is 43.1 Å². The number of pyridine rings is 1. The van der Waals surface area contributed by atoms with Gasteiger partial charge in [-0.25, -0.2) is 4.98 Å². The van der Waals surface area contributed by atoms with Crippen molar-refractivity contribution in [2.24, 2.45) is 0 Å². The first-order valence-corrected chi connectivity index (χ1v) is 8.15. The van der Waals surface area contributed by atoms with Gasteiger partial charge in [-0.2, -0.15) is 0 Å². The zero-order chi connectivity index (χ0) is 15.1. The van der Waals surface area contributed by atoms with Gasteiger partial charge in [0.2, 0.25) is 5.88 Å². The van der Waals surface area contributed by atoms with Crippen molar-refractivity contribution < 1.29 is 19.0 Å². The highest BCUT2D eigenvalue weighted by molar-refractivity contribution is 7.99. The predicted molar refractivity (Wildman–Crippen MR) is 81.1 cm³/mol. The third-order valence-electron chi connectivity index (χ3n) is 3.06. The molecule has 1 fully saturated rings. The van der Waals surface area contributed by atoms with E-state index in [4.69, 9.17) is 21.1 Å². The van der Waals surface area contributed by atoms with E-state index < -0.39 is 0 Å². The number of aromatic nitrogens is 1. The van der Waals surface area contributed by atoms with Crippen LogP contribution in [0.1, 0.15) is 19.3 Å². The molecule has 1 aromatic rings. The van der Waals surface area contributed by atoms with Crippen LogP contribution in [0.25, 0.3) is 0 Å². The van der Waals surface area contributed by atoms with Gasteiger partial charge in [-0.3, -0.25) is 4.79 Å². The van der Waals surface area contributed by atoms with Gasteiger partial charge in [0.1, 0.15) is 11.1 Å². The highest BCUT2D eigenvalue weighted by atomic mass is 35.5. The molecule has 0 unspecified atom stereocenters. The van der Waals surface area contributed by atoms with Crippen LogP contribution in [0.2, 0.25) is 5.02 Å². The van der Waals surface area contributed by atoms with Gasteiger partial charge in [0.25, 0.3) is 0 Å². The third-order valence-corrected chi connectivity index (χ3v) is 4.60. The molecule has 116 valence electrons. The Bertz CT molecular complexity index is 480. The number of methoxy groups -OCH3 is 1. The first-order chi connectivity index (χ1) is 10.2. The quantitative estimate of drug-likeness (QED) is 0.590. The van der Waals surface area contributed by atoms with E-state index in [1.807, 2.05) is 6.07 Å². The highest BCUT2D eigenvalue weighted by Crippen LogP contribution is 2.34. The van der Waals surface area contributed by atoms with Gasteiger partial charge in [-0.1, -0.05) is 11.6 Å². The van der Waals surface area contributed by atoms with Crippen LogP contribution in [0.3, 0.4) is 0 Å². The summed E-state index contributed by atoms with van der Waals surface area (Å²) in [5, 5.41) is 0.499. The molecule has 1 aliphatic rings. The average molecular weight is 332 g/mol. The van der Waals surface area contributed by atoms with Crippen LogP contribution >= 0.6 is 23.4 Å². The summed E-state index contributed by atoms with van der Waals surface area (Å²) in [5.74, 6) is 0.825. The Morgan fingerprint density at radius 2 is 2.29 bits per heavy atom. The Labute approximate surface area is 133 Å². The van der Waals surface area contributed by atoms with Gasteiger partial charge in [-0.05, 0) is 6.07 Å². The van der Waals surface area contributed by atoms with Crippen molar-refractivity contribution in [1.29, 1.82) is 0 Å². The Morgan fingerprint density at radius 1 is 1.52 bits per heavy atom. The van der Waals surface area contributed by atoms with Crippen molar-refractivity contribution in [3.8, 4) is 5.88 Å². The van der Waals surface area contributed by atoms with E-state index in [9.17, 15) is 4.79 Å². The maximum atomic E-state index is 11.1. The second kappa shape index (κ2) is 8.46. The maximum Gasteiger partial charge on any atom is 0.306 e. The topological polar surface area (TPSA) is 57.7 Å². The molecule has 0 radical (unpaired) electrons. The molecule has 0 spiro atoms. The summed E-state index contributed by atoms with van der Waals surface area (Å²) in [4.78, 5) is 16.2. The normalized spacial score (nSPS) is 15.7. The van der Waals surface area contributed by atoms with E-state index in [0.717, 1.165) is 17.7 Å². The number of esters is 1. The van der Waals surface area contributed by atoms with Crippen LogP contribution in [0.5, 0.6) is 5.88 Å². The molecule has 0 aliphatic carbocycles. The lowest BCUT2D eigenvalue weighted by Crippen LogP contribution is -2.26. The van der Waals surface area contributed by atoms with E-state index in [0.29, 0.717) is 36.3 Å². The lowest BCUT2D eigenvalue weighted by molar-refractivity contribution is -0.140. The lowest BCUT2D eigenvalue weighted by atomic mass is 10.1. The summed E-state index contributed by atoms with van der Waals surface area (Å²) in [6.45, 7) is 1.41. The summed E-state index contributed by atoms with van der Waals surface area (Å²) in [6, 6.07) is 1.82. The Balaban J connectivity index is 1.93. The second-order valence-corrected chi connectivity index (χ2v) is 6.05. The fraction of sp³-hybridized carbons (Fsp3) is 0.571. The summed E-state index contributed by atoms with van der Waals surface area (Å²) >= 11 is 7.81. The van der Waals surface area contributed by atoms with E-state index in [2.05, 4.69) is 9.72 Å². The third kappa shape index (κ3) is 5.05. The van der Waals surface area contributed by atoms with Crippen LogP contribution in [0, 0.1) is 0 Å². The zero-order valence-corrected chi connectivity index (χ0v) is 13.4. The molecule has 1 aliphatic heterocycles. The molecule has 21 heavy (non-hydrogen) atoms. The molecule has 1 saturated heterocycles. The molecule has 2 rings (SSSR count). The molecular weight excluding hydrogens is 314 g/mol. The summed E-state index contributed by atoms with van der Waals surface area (Å²) in [6.07, 6.45) is 3.80. The van der Waals surface area contributed by atoms with Gasteiger partial charge in [0, 0.05) is 29.7 Å². The molecule has 0 aromatic carbocycles. The summed E-state index contributed by atoms with van der Waals surface area (Å²) in [7, 11) is 1.38. The lowest BCUT2D eigenvalue weighted by Gasteiger charge is -2.23. The Hall–Kier alpha value is -0.980. The smallest absolute Gasteiger partial charge is 0.306 e. The zero-order valence-electron chi connectivity index (χ0n) is 11.8. The number of carbonyl (C=O) groups is 1. The molecule has 0 atom stereocenters. The summed E-state index contributed by atoms with van der Waals surface area (Å²) in [5.41, 5.74) is 0. The van der Waals surface area contributed by atoms with Gasteiger partial charge in [0.15, 0.2) is 0 Å². The fourth-order valence-electron chi connectivity index (χ4n) is 1.90. The van der Waals surface area contributed by atoms with Gasteiger partial charge < -0.3 is 14.2 Å². The largest absolute Gasteiger partial charge is 0.473 e. The fourth-order valence-corrected chi connectivity index (χ4v) is 3.08. The van der Waals surface area contributed by atoms with Crippen molar-refractivity contribution in [3.63, 3.8) is 0 Å². The molecule has 5 nitrogen and oxygen atoms in total. The van der Waals surface area contributed by atoms with E-state index in [-0.39, 0.29) is 12.1 Å². The number of nitrogens with zero attached hydrogens (tertiary/aromatic N) is 1. The molecule has 0 saturated carbocycles. The first kappa shape index (κ1) is 16.4. The highest BCUT2D eigenvalue weighted by Gasteiger charge is 2.18. The van der Waals surface area contributed by atoms with Crippen molar-refractivity contribution in [3.05, 3.63) is 17.3 Å². The minimum absolute atomic E-state index is 0.0964. The molecule has 2 heterocycles. The number of hydrogen-bond acceptors (Lipinski definition) is 6. The van der Waals surface area contributed by atoms with E-state index in [1.165, 1.54) is 18.9 Å². The van der Waals surface area contributed by atoms with Crippen LogP contribution in [0.4, 0.5) is 0 Å². The molecule has 0 N–H and O–H groups in total. The molecule has 0 bridgehead atoms. The van der Waals surface area contributed by atoms with E-state index >= 15 is 0 Å². The number of rotatable bonds is 6. The van der Waals surface area contributed by atoms with Crippen LogP contribution in [0.15, 0.2) is 17.2 Å². The van der Waals surface area contributed by atoms with Crippen molar-refractivity contribution in [1.82, 2.24) is 4.98 Å². The monoisotopic (exact) mass is 331 g/mol. The minimum atomic E-state index is -0.230. The number of ether oxygens (including phenoxy) is 3. The number of thioether (sulfide) groups is 1. The van der Waals surface area contributed by atoms with Crippen molar-refractivity contribution in [2.75, 3.05) is 26.1 Å². The van der Waals surface area contributed by atoms with Gasteiger partial charge in [0.05, 0.1) is 26.7 Å². The average Bonchev–Trinajstić information content (AvgIpc) is 2.51. The van der Waals surface area contributed by atoms with Crippen molar-refractivity contribution >= 4 is 29.3 Å². The number of carbonyl (C=O) groups excluding carboxylic acids is 1. The van der Waals surface area contributed by atoms with E-state index in [1.54, 1.807) is 6.20 Å². The minimum Gasteiger partial charge on any atom is -0.473 e. The molecule has 0 amide bonds. The Morgan fingerprint density at radius 3 is 3.00 bits per heavy atom. The number of halogens is 1. The number of hydrogen-bond donors (Lipinski definition) is 0. The molecule has 7 heteroatoms. The predicted octanol–water partition coefficient (Wildman–Crippen LogP) is 2.95. The molecular formula is C14H18ClNO4S. The Kier molecular flexibility index (Phi) is 6.60. The molecule has 1 aromatic heterocycles. The maximum absolute atomic E-state index is 11.1. The van der Waals surface area contributed by atoms with Gasteiger partial charge >= 0.3 is 5.97 Å². The standard InChI is InChI=1S/C14H18ClNO4S/c1-18-12(17)5-9-21-11-2-6-16-14(13(11)15)20-10-3-7-19-8-4-10/h2,6,10H,3-5,7-9H2,1H3. The van der Waals surface area contributed by atoms with Crippen LogP contribution < -0.4 is 4.74 Å².